The zero-order valence-corrected chi connectivity index (χ0v) is 15.1. The zero-order valence-electron chi connectivity index (χ0n) is 13.5. The van der Waals surface area contributed by atoms with Crippen LogP contribution in [0, 0.1) is 13.8 Å². The predicted octanol–water partition coefficient (Wildman–Crippen LogP) is 4.35. The summed E-state index contributed by atoms with van der Waals surface area (Å²) < 4.78 is 2.06. The Kier molecular flexibility index (Phi) is 4.87. The van der Waals surface area contributed by atoms with E-state index >= 15 is 0 Å². The number of anilines is 1. The van der Waals surface area contributed by atoms with E-state index in [0.717, 1.165) is 22.1 Å². The van der Waals surface area contributed by atoms with E-state index in [-0.39, 0.29) is 5.56 Å². The minimum Gasteiger partial charge on any atom is -0.478 e. The molecule has 0 bridgehead atoms. The van der Waals surface area contributed by atoms with Crippen molar-refractivity contribution in [1.82, 2.24) is 9.55 Å². The lowest BCUT2D eigenvalue weighted by Gasteiger charge is -2.05. The number of aromatic carboxylic acids is 1. The molecule has 3 rings (SSSR count). The van der Waals surface area contributed by atoms with Gasteiger partial charge >= 0.3 is 5.97 Å². The number of nitrogens with zero attached hydrogens (tertiary/aromatic N) is 3. The lowest BCUT2D eigenvalue weighted by Crippen LogP contribution is -2.00. The van der Waals surface area contributed by atoms with Crippen LogP contribution in [0.1, 0.15) is 27.3 Å². The first-order valence-electron chi connectivity index (χ1n) is 7.38. The van der Waals surface area contributed by atoms with Gasteiger partial charge in [-0.3, -0.25) is 9.99 Å². The van der Waals surface area contributed by atoms with Gasteiger partial charge in [-0.1, -0.05) is 11.6 Å². The fraction of sp³-hybridized carbons (Fsp3) is 0.118. The van der Waals surface area contributed by atoms with Gasteiger partial charge in [0.15, 0.2) is 5.13 Å². The molecule has 0 radical (unpaired) electrons. The Morgan fingerprint density at radius 1 is 1.40 bits per heavy atom. The number of benzene rings is 1. The zero-order chi connectivity index (χ0) is 18.0. The van der Waals surface area contributed by atoms with E-state index in [9.17, 15) is 4.79 Å². The predicted molar refractivity (Wildman–Crippen MR) is 101 cm³/mol. The Bertz CT molecular complexity index is 948. The molecule has 2 aromatic heterocycles. The molecule has 0 spiro atoms. The maximum atomic E-state index is 11.0. The smallest absolute Gasteiger partial charge is 0.335 e. The molecule has 0 saturated carbocycles. The van der Waals surface area contributed by atoms with Crippen molar-refractivity contribution in [3.63, 3.8) is 0 Å². The normalized spacial score (nSPS) is 11.2. The topological polar surface area (TPSA) is 79.5 Å². The van der Waals surface area contributed by atoms with Crippen molar-refractivity contribution in [2.75, 3.05) is 5.43 Å². The minimum atomic E-state index is -1.02. The van der Waals surface area contributed by atoms with Gasteiger partial charge in [-0.15, -0.1) is 11.3 Å². The highest BCUT2D eigenvalue weighted by Crippen LogP contribution is 2.24. The third kappa shape index (κ3) is 3.57. The molecule has 2 heterocycles. The number of hydrogen-bond acceptors (Lipinski definition) is 5. The van der Waals surface area contributed by atoms with E-state index in [1.807, 2.05) is 25.3 Å². The molecule has 0 saturated heterocycles. The van der Waals surface area contributed by atoms with Crippen LogP contribution in [0.15, 0.2) is 40.9 Å². The van der Waals surface area contributed by atoms with Crippen LogP contribution in [0.4, 0.5) is 5.69 Å². The van der Waals surface area contributed by atoms with E-state index in [0.29, 0.717) is 10.7 Å². The van der Waals surface area contributed by atoms with Crippen LogP contribution in [0.5, 0.6) is 0 Å². The Morgan fingerprint density at radius 2 is 2.20 bits per heavy atom. The van der Waals surface area contributed by atoms with Gasteiger partial charge in [-0.25, -0.2) is 9.78 Å². The van der Waals surface area contributed by atoms with Gasteiger partial charge in [0.1, 0.15) is 0 Å². The van der Waals surface area contributed by atoms with Crippen molar-refractivity contribution in [2.45, 2.75) is 13.8 Å². The van der Waals surface area contributed by atoms with Gasteiger partial charge in [0.2, 0.25) is 0 Å². The van der Waals surface area contributed by atoms with Crippen molar-refractivity contribution in [3.05, 3.63) is 63.4 Å². The second-order valence-electron chi connectivity index (χ2n) is 5.35. The van der Waals surface area contributed by atoms with E-state index in [4.69, 9.17) is 16.7 Å². The van der Waals surface area contributed by atoms with Gasteiger partial charge in [0.25, 0.3) is 0 Å². The molecule has 0 aliphatic heterocycles. The Morgan fingerprint density at radius 3 is 2.88 bits per heavy atom. The van der Waals surface area contributed by atoms with Gasteiger partial charge in [-0.05, 0) is 38.1 Å². The number of aryl methyl sites for hydroxylation is 1. The number of thiazole rings is 1. The van der Waals surface area contributed by atoms with Gasteiger partial charge in [-0.2, -0.15) is 5.10 Å². The van der Waals surface area contributed by atoms with Crippen LogP contribution < -0.4 is 5.43 Å². The molecule has 0 atom stereocenters. The average Bonchev–Trinajstić information content (AvgIpc) is 3.17. The average molecular weight is 375 g/mol. The first-order valence-corrected chi connectivity index (χ1v) is 8.64. The third-order valence-electron chi connectivity index (χ3n) is 3.68. The molecule has 25 heavy (non-hydrogen) atoms. The van der Waals surface area contributed by atoms with Gasteiger partial charge in [0, 0.05) is 28.5 Å². The molecule has 1 aromatic carbocycles. The first-order chi connectivity index (χ1) is 12.0. The number of carboxylic acid groups (broad SMARTS) is 1. The molecular weight excluding hydrogens is 360 g/mol. The second-order valence-corrected chi connectivity index (χ2v) is 6.63. The maximum absolute atomic E-state index is 11.0. The summed E-state index contributed by atoms with van der Waals surface area (Å²) in [4.78, 5) is 15.4. The highest BCUT2D eigenvalue weighted by Gasteiger charge is 2.11. The van der Waals surface area contributed by atoms with Crippen LogP contribution in [0.3, 0.4) is 0 Å². The van der Waals surface area contributed by atoms with Crippen LogP contribution in [0.25, 0.3) is 5.13 Å². The molecule has 0 unspecified atom stereocenters. The van der Waals surface area contributed by atoms with Crippen molar-refractivity contribution >= 4 is 40.8 Å². The Balaban J connectivity index is 1.83. The number of aromatic nitrogens is 2. The quantitative estimate of drug-likeness (QED) is 0.514. The lowest BCUT2D eigenvalue weighted by molar-refractivity contribution is 0.0697. The number of hydrogen-bond donors (Lipinski definition) is 2. The molecule has 3 aromatic rings. The van der Waals surface area contributed by atoms with Crippen molar-refractivity contribution in [2.24, 2.45) is 5.10 Å². The number of carbonyl (C=O) groups is 1. The Hall–Kier alpha value is -2.64. The van der Waals surface area contributed by atoms with E-state index < -0.39 is 5.97 Å². The van der Waals surface area contributed by atoms with Crippen LogP contribution in [0.2, 0.25) is 5.02 Å². The summed E-state index contributed by atoms with van der Waals surface area (Å²) in [5, 5.41) is 16.5. The highest BCUT2D eigenvalue weighted by atomic mass is 35.5. The number of halogens is 1. The van der Waals surface area contributed by atoms with E-state index in [1.54, 1.807) is 23.7 Å². The molecule has 2 N–H and O–H groups in total. The number of carboxylic acids is 1. The maximum Gasteiger partial charge on any atom is 0.335 e. The molecule has 0 amide bonds. The first kappa shape index (κ1) is 17.2. The van der Waals surface area contributed by atoms with E-state index in [1.165, 1.54) is 18.2 Å². The Labute approximate surface area is 153 Å². The molecule has 128 valence electrons. The summed E-state index contributed by atoms with van der Waals surface area (Å²) in [6.07, 6.45) is 3.45. The molecular formula is C17H15ClN4O2S. The standard InChI is InChI=1S/C17H15ClN4O2S/c1-10-7-13(11(2)22(10)17-19-5-6-25-17)9-20-21-15-8-12(16(23)24)3-4-14(15)18/h3-9,21H,1-2H3,(H,23,24)/b20-9-. The fourth-order valence-electron chi connectivity index (χ4n) is 2.45. The minimum absolute atomic E-state index is 0.143. The van der Waals surface area contributed by atoms with E-state index in [2.05, 4.69) is 20.1 Å². The molecule has 0 aliphatic rings. The summed E-state index contributed by atoms with van der Waals surface area (Å²) >= 11 is 7.63. The summed E-state index contributed by atoms with van der Waals surface area (Å²) in [6, 6.07) is 6.43. The number of rotatable bonds is 5. The largest absolute Gasteiger partial charge is 0.478 e. The highest BCUT2D eigenvalue weighted by molar-refractivity contribution is 7.12. The fourth-order valence-corrected chi connectivity index (χ4v) is 3.37. The van der Waals surface area contributed by atoms with Crippen molar-refractivity contribution in [1.29, 1.82) is 0 Å². The summed E-state index contributed by atoms with van der Waals surface area (Å²) in [6.45, 7) is 4.00. The van der Waals surface area contributed by atoms with Crippen LogP contribution >= 0.6 is 22.9 Å². The lowest BCUT2D eigenvalue weighted by atomic mass is 10.2. The molecule has 6 nitrogen and oxygen atoms in total. The SMILES string of the molecule is Cc1cc(/C=N\Nc2cc(C(=O)O)ccc2Cl)c(C)n1-c1nccs1. The van der Waals surface area contributed by atoms with Gasteiger partial charge < -0.3 is 5.11 Å². The van der Waals surface area contributed by atoms with Crippen molar-refractivity contribution < 1.29 is 9.90 Å². The molecule has 0 fully saturated rings. The summed E-state index contributed by atoms with van der Waals surface area (Å²) in [5.41, 5.74) is 6.39. The summed E-state index contributed by atoms with van der Waals surface area (Å²) in [5.74, 6) is -1.02. The number of nitrogens with one attached hydrogen (secondary N) is 1. The molecule has 0 aliphatic carbocycles. The van der Waals surface area contributed by atoms with Crippen LogP contribution in [-0.2, 0) is 0 Å². The third-order valence-corrected chi connectivity index (χ3v) is 4.77. The second kappa shape index (κ2) is 7.08. The summed E-state index contributed by atoms with van der Waals surface area (Å²) in [7, 11) is 0. The van der Waals surface area contributed by atoms with Gasteiger partial charge in [0.05, 0.1) is 22.5 Å². The molecule has 8 heteroatoms. The monoisotopic (exact) mass is 374 g/mol. The van der Waals surface area contributed by atoms with Crippen molar-refractivity contribution in [3.8, 4) is 5.13 Å². The van der Waals surface area contributed by atoms with Crippen LogP contribution in [-0.4, -0.2) is 26.8 Å². The number of hydrazone groups is 1.